The van der Waals surface area contributed by atoms with Crippen molar-refractivity contribution in [2.24, 2.45) is 0 Å². The molecule has 0 N–H and O–H groups in total. The Bertz CT molecular complexity index is 1300. The molecule has 0 atom stereocenters. The second kappa shape index (κ2) is 7.10. The molecule has 0 saturated carbocycles. The predicted octanol–water partition coefficient (Wildman–Crippen LogP) is 7.37. The first kappa shape index (κ1) is 19.1. The monoisotopic (exact) mass is 406 g/mol. The number of para-hydroxylation sites is 3. The maximum absolute atomic E-state index is 11.6. The van der Waals surface area contributed by atoms with Gasteiger partial charge in [-0.15, -0.1) is 0 Å². The molecule has 4 aromatic carbocycles. The molecule has 0 bridgehead atoms. The van der Waals surface area contributed by atoms with E-state index >= 15 is 0 Å². The molecule has 0 aromatic heterocycles. The number of fused-ring (bicyclic) bond motifs is 2. The third-order valence-electron chi connectivity index (χ3n) is 6.16. The van der Waals surface area contributed by atoms with Crippen molar-refractivity contribution in [2.75, 3.05) is 4.90 Å². The van der Waals surface area contributed by atoms with Gasteiger partial charge >= 0.3 is 0 Å². The van der Waals surface area contributed by atoms with Crippen LogP contribution in [0.5, 0.6) is 0 Å². The number of nitrogens with zero attached hydrogens (tertiary/aromatic N) is 2. The summed E-state index contributed by atoms with van der Waals surface area (Å²) in [5, 5.41) is 11.6. The third-order valence-corrected chi connectivity index (χ3v) is 6.16. The quantitative estimate of drug-likeness (QED) is 0.263. The molecule has 4 nitrogen and oxygen atoms in total. The van der Waals surface area contributed by atoms with Crippen molar-refractivity contribution in [1.29, 1.82) is 0 Å². The largest absolute Gasteiger partial charge is 0.310 e. The van der Waals surface area contributed by atoms with Gasteiger partial charge in [0.15, 0.2) is 0 Å². The summed E-state index contributed by atoms with van der Waals surface area (Å²) in [5.41, 5.74) is 7.06. The Labute approximate surface area is 181 Å². The van der Waals surface area contributed by atoms with Gasteiger partial charge in [0.25, 0.3) is 5.69 Å². The number of hydrogen-bond donors (Lipinski definition) is 0. The molecule has 1 heterocycles. The van der Waals surface area contributed by atoms with E-state index in [4.69, 9.17) is 0 Å². The summed E-state index contributed by atoms with van der Waals surface area (Å²) in [5.74, 6) is 0. The number of hydrogen-bond acceptors (Lipinski definition) is 3. The minimum Gasteiger partial charge on any atom is -0.310 e. The molecular weight excluding hydrogens is 384 g/mol. The van der Waals surface area contributed by atoms with E-state index in [1.165, 1.54) is 11.1 Å². The first-order valence-electron chi connectivity index (χ1n) is 10.3. The third kappa shape index (κ3) is 2.99. The smallest absolute Gasteiger partial charge is 0.277 e. The van der Waals surface area contributed by atoms with Gasteiger partial charge in [0.2, 0.25) is 0 Å². The molecule has 4 aromatic rings. The van der Waals surface area contributed by atoms with Gasteiger partial charge in [-0.3, -0.25) is 10.1 Å². The Hall–Kier alpha value is -3.92. The van der Waals surface area contributed by atoms with Crippen molar-refractivity contribution >= 4 is 22.7 Å². The van der Waals surface area contributed by atoms with E-state index in [-0.39, 0.29) is 16.0 Å². The van der Waals surface area contributed by atoms with Crippen molar-refractivity contribution in [3.63, 3.8) is 0 Å². The first-order valence-corrected chi connectivity index (χ1v) is 10.3. The van der Waals surface area contributed by atoms with Crippen LogP contribution in [0.4, 0.5) is 22.7 Å². The predicted molar refractivity (Wildman–Crippen MR) is 125 cm³/mol. The van der Waals surface area contributed by atoms with E-state index in [1.54, 1.807) is 12.1 Å². The van der Waals surface area contributed by atoms with Gasteiger partial charge in [-0.05, 0) is 47.0 Å². The molecule has 0 aliphatic carbocycles. The van der Waals surface area contributed by atoms with Gasteiger partial charge in [0, 0.05) is 17.2 Å². The first-order chi connectivity index (χ1) is 15.0. The molecule has 152 valence electrons. The zero-order valence-corrected chi connectivity index (χ0v) is 17.4. The second-order valence-corrected chi connectivity index (χ2v) is 8.32. The van der Waals surface area contributed by atoms with E-state index < -0.39 is 0 Å². The lowest BCUT2D eigenvalue weighted by atomic mass is 9.73. The van der Waals surface area contributed by atoms with Gasteiger partial charge in [-0.25, -0.2) is 0 Å². The minimum atomic E-state index is -0.316. The van der Waals surface area contributed by atoms with Crippen LogP contribution >= 0.6 is 0 Å². The van der Waals surface area contributed by atoms with Crippen LogP contribution in [-0.2, 0) is 5.41 Å². The molecule has 4 heteroatoms. The van der Waals surface area contributed by atoms with Crippen LogP contribution in [0.25, 0.3) is 11.1 Å². The van der Waals surface area contributed by atoms with E-state index in [2.05, 4.69) is 67.3 Å². The van der Waals surface area contributed by atoms with Gasteiger partial charge in [0.05, 0.1) is 21.9 Å². The van der Waals surface area contributed by atoms with Gasteiger partial charge < -0.3 is 4.90 Å². The van der Waals surface area contributed by atoms with Gasteiger partial charge in [0.1, 0.15) is 0 Å². The Morgan fingerprint density at radius 3 is 2.16 bits per heavy atom. The average molecular weight is 406 g/mol. The summed E-state index contributed by atoms with van der Waals surface area (Å²) < 4.78 is 0. The lowest BCUT2D eigenvalue weighted by Gasteiger charge is -2.42. The number of nitro groups is 1. The van der Waals surface area contributed by atoms with Gasteiger partial charge in [-0.1, -0.05) is 74.5 Å². The highest BCUT2D eigenvalue weighted by atomic mass is 16.6. The van der Waals surface area contributed by atoms with E-state index in [9.17, 15) is 10.1 Å². The molecule has 0 amide bonds. The van der Waals surface area contributed by atoms with Crippen molar-refractivity contribution < 1.29 is 4.92 Å². The van der Waals surface area contributed by atoms with Crippen LogP contribution in [-0.4, -0.2) is 4.92 Å². The summed E-state index contributed by atoms with van der Waals surface area (Å²) in [6.45, 7) is 4.47. The van der Waals surface area contributed by atoms with E-state index in [1.807, 2.05) is 36.4 Å². The van der Waals surface area contributed by atoms with Crippen molar-refractivity contribution in [3.05, 3.63) is 118 Å². The van der Waals surface area contributed by atoms with Gasteiger partial charge in [-0.2, -0.15) is 0 Å². The fraction of sp³-hybridized carbons (Fsp3) is 0.111. The molecule has 0 spiro atoms. The van der Waals surface area contributed by atoms with Crippen LogP contribution in [0.1, 0.15) is 25.0 Å². The molecule has 1 aliphatic heterocycles. The highest BCUT2D eigenvalue weighted by Gasteiger charge is 2.37. The fourth-order valence-corrected chi connectivity index (χ4v) is 4.62. The molecule has 31 heavy (non-hydrogen) atoms. The number of rotatable bonds is 3. The van der Waals surface area contributed by atoms with Crippen molar-refractivity contribution in [3.8, 4) is 11.1 Å². The summed E-state index contributed by atoms with van der Waals surface area (Å²) in [6.07, 6.45) is 0. The highest BCUT2D eigenvalue weighted by Crippen LogP contribution is 2.52. The molecule has 0 fully saturated rings. The van der Waals surface area contributed by atoms with Crippen LogP contribution < -0.4 is 4.90 Å². The van der Waals surface area contributed by atoms with Crippen LogP contribution in [0, 0.1) is 10.1 Å². The summed E-state index contributed by atoms with van der Waals surface area (Å²) >= 11 is 0. The lowest BCUT2D eigenvalue weighted by Crippen LogP contribution is -2.30. The van der Waals surface area contributed by atoms with Crippen LogP contribution in [0.3, 0.4) is 0 Å². The molecule has 5 rings (SSSR count). The summed E-state index contributed by atoms with van der Waals surface area (Å²) in [7, 11) is 0. The second-order valence-electron chi connectivity index (χ2n) is 8.32. The zero-order chi connectivity index (χ0) is 21.6. The molecule has 1 aliphatic rings. The van der Waals surface area contributed by atoms with E-state index in [0.29, 0.717) is 5.56 Å². The summed E-state index contributed by atoms with van der Waals surface area (Å²) in [4.78, 5) is 13.6. The molecular formula is C27H22N2O2. The van der Waals surface area contributed by atoms with Crippen molar-refractivity contribution in [2.45, 2.75) is 19.3 Å². The number of nitro benzene ring substituents is 1. The Morgan fingerprint density at radius 1 is 0.742 bits per heavy atom. The molecule has 0 unspecified atom stereocenters. The average Bonchev–Trinajstić information content (AvgIpc) is 2.80. The Balaban J connectivity index is 1.79. The fourth-order valence-electron chi connectivity index (χ4n) is 4.62. The zero-order valence-electron chi connectivity index (χ0n) is 17.4. The standard InChI is InChI=1S/C27H22N2O2/c1-27(2)22-13-7-9-15-25(22)28(20-10-4-3-5-11-20)26-18-19(16-17-23(26)27)21-12-6-8-14-24(21)29(30)31/h3-18H,1-2H3. The Morgan fingerprint density at radius 2 is 1.39 bits per heavy atom. The normalized spacial score (nSPS) is 13.9. The van der Waals surface area contributed by atoms with Crippen LogP contribution in [0.2, 0.25) is 0 Å². The Kier molecular flexibility index (Phi) is 4.36. The van der Waals surface area contributed by atoms with E-state index in [0.717, 1.165) is 22.6 Å². The minimum absolute atomic E-state index is 0.115. The maximum atomic E-state index is 11.6. The molecule has 0 saturated heterocycles. The summed E-state index contributed by atoms with van der Waals surface area (Å²) in [6, 6.07) is 31.8. The van der Waals surface area contributed by atoms with Crippen molar-refractivity contribution in [1.82, 2.24) is 0 Å². The number of anilines is 3. The molecule has 0 radical (unpaired) electrons. The highest BCUT2D eigenvalue weighted by molar-refractivity contribution is 5.89. The lowest BCUT2D eigenvalue weighted by molar-refractivity contribution is -0.384. The topological polar surface area (TPSA) is 46.4 Å². The van der Waals surface area contributed by atoms with Crippen LogP contribution in [0.15, 0.2) is 97.1 Å². The number of benzene rings is 4. The SMILES string of the molecule is CC1(C)c2ccccc2N(c2ccccc2)c2cc(-c3ccccc3[N+](=O)[O-])ccc21. The maximum Gasteiger partial charge on any atom is 0.277 e.